The first-order valence-electron chi connectivity index (χ1n) is 7.42. The van der Waals surface area contributed by atoms with Crippen LogP contribution in [-0.2, 0) is 6.54 Å². The van der Waals surface area contributed by atoms with E-state index in [1.54, 1.807) is 18.4 Å². The van der Waals surface area contributed by atoms with Gasteiger partial charge in [-0.25, -0.2) is 4.98 Å². The summed E-state index contributed by atoms with van der Waals surface area (Å²) in [6, 6.07) is 9.63. The van der Waals surface area contributed by atoms with E-state index in [0.717, 1.165) is 23.2 Å². The molecule has 0 fully saturated rings. The average molecular weight is 309 g/mol. The molecule has 0 radical (unpaired) electrons. The van der Waals surface area contributed by atoms with E-state index < -0.39 is 0 Å². The van der Waals surface area contributed by atoms with Crippen LogP contribution >= 0.6 is 0 Å². The third-order valence-corrected chi connectivity index (χ3v) is 3.61. The van der Waals surface area contributed by atoms with E-state index >= 15 is 0 Å². The molecule has 1 amide bonds. The van der Waals surface area contributed by atoms with Gasteiger partial charge in [0.15, 0.2) is 0 Å². The Bertz CT molecular complexity index is 852. The van der Waals surface area contributed by atoms with E-state index in [4.69, 9.17) is 4.42 Å². The highest BCUT2D eigenvalue weighted by Gasteiger charge is 2.10. The molecule has 0 bridgehead atoms. The molecule has 0 atom stereocenters. The molecule has 2 heterocycles. The molecule has 0 saturated heterocycles. The van der Waals surface area contributed by atoms with Gasteiger partial charge in [0.05, 0.1) is 11.8 Å². The summed E-state index contributed by atoms with van der Waals surface area (Å²) in [5.74, 6) is -0.177. The van der Waals surface area contributed by atoms with Crippen molar-refractivity contribution >= 4 is 22.7 Å². The van der Waals surface area contributed by atoms with Crippen LogP contribution in [-0.4, -0.2) is 29.9 Å². The van der Waals surface area contributed by atoms with Crippen molar-refractivity contribution in [3.05, 3.63) is 59.5 Å². The molecule has 0 aliphatic carbocycles. The lowest BCUT2D eigenvalue weighted by Gasteiger charge is -2.13. The van der Waals surface area contributed by atoms with Crippen molar-refractivity contribution in [3.8, 4) is 0 Å². The summed E-state index contributed by atoms with van der Waals surface area (Å²) < 4.78 is 5.19. The number of furan rings is 1. The van der Waals surface area contributed by atoms with Crippen LogP contribution < -0.4 is 5.32 Å². The molecule has 1 N–H and O–H groups in total. The number of benzene rings is 1. The SMILES string of the molecule is Cc1cc(CN(C)C)ccc1NC(=O)c1cnc2occc2c1. The van der Waals surface area contributed by atoms with Gasteiger partial charge in [-0.15, -0.1) is 0 Å². The molecule has 5 heteroatoms. The fraction of sp³-hybridized carbons (Fsp3) is 0.222. The Balaban J connectivity index is 1.79. The van der Waals surface area contributed by atoms with E-state index in [-0.39, 0.29) is 5.91 Å². The normalized spacial score (nSPS) is 11.1. The number of carbonyl (C=O) groups excluding carboxylic acids is 1. The lowest BCUT2D eigenvalue weighted by atomic mass is 10.1. The molecule has 0 aliphatic rings. The highest BCUT2D eigenvalue weighted by Crippen LogP contribution is 2.19. The Labute approximate surface area is 134 Å². The monoisotopic (exact) mass is 309 g/mol. The number of anilines is 1. The molecule has 0 spiro atoms. The molecule has 3 aromatic rings. The number of aromatic nitrogens is 1. The Kier molecular flexibility index (Phi) is 4.12. The molecule has 118 valence electrons. The molecule has 2 aromatic heterocycles. The van der Waals surface area contributed by atoms with Gasteiger partial charge in [0.2, 0.25) is 5.71 Å². The molecule has 23 heavy (non-hydrogen) atoms. The number of nitrogens with zero attached hydrogens (tertiary/aromatic N) is 2. The van der Waals surface area contributed by atoms with Crippen LogP contribution in [0.15, 0.2) is 47.2 Å². The molecule has 3 rings (SSSR count). The minimum Gasteiger partial charge on any atom is -0.446 e. The molecular weight excluding hydrogens is 290 g/mol. The fourth-order valence-electron chi connectivity index (χ4n) is 2.51. The van der Waals surface area contributed by atoms with Gasteiger partial charge in [-0.3, -0.25) is 4.79 Å². The molecule has 0 unspecified atom stereocenters. The van der Waals surface area contributed by atoms with E-state index in [1.165, 1.54) is 11.8 Å². The first-order chi connectivity index (χ1) is 11.0. The van der Waals surface area contributed by atoms with Gasteiger partial charge in [0, 0.05) is 23.8 Å². The number of carbonyl (C=O) groups is 1. The Morgan fingerprint density at radius 3 is 2.83 bits per heavy atom. The van der Waals surface area contributed by atoms with Crippen molar-refractivity contribution in [3.63, 3.8) is 0 Å². The molecule has 0 saturated carbocycles. The quantitative estimate of drug-likeness (QED) is 0.802. The Morgan fingerprint density at radius 1 is 1.26 bits per heavy atom. The fourth-order valence-corrected chi connectivity index (χ4v) is 2.51. The number of pyridine rings is 1. The van der Waals surface area contributed by atoms with Crippen molar-refractivity contribution in [1.29, 1.82) is 0 Å². The number of nitrogens with one attached hydrogen (secondary N) is 1. The summed E-state index contributed by atoms with van der Waals surface area (Å²) in [6.07, 6.45) is 3.09. The first-order valence-corrected chi connectivity index (χ1v) is 7.42. The zero-order valence-electron chi connectivity index (χ0n) is 13.5. The first kappa shape index (κ1) is 15.2. The van der Waals surface area contributed by atoms with E-state index in [1.807, 2.05) is 33.2 Å². The maximum Gasteiger partial charge on any atom is 0.257 e. The number of fused-ring (bicyclic) bond motifs is 1. The van der Waals surface area contributed by atoms with Gasteiger partial charge >= 0.3 is 0 Å². The van der Waals surface area contributed by atoms with Crippen molar-refractivity contribution in [2.75, 3.05) is 19.4 Å². The lowest BCUT2D eigenvalue weighted by molar-refractivity contribution is 0.102. The number of amides is 1. The van der Waals surface area contributed by atoms with Crippen molar-refractivity contribution < 1.29 is 9.21 Å². The number of hydrogen-bond donors (Lipinski definition) is 1. The van der Waals surface area contributed by atoms with Gasteiger partial charge in [-0.05, 0) is 50.3 Å². The zero-order chi connectivity index (χ0) is 16.4. The van der Waals surface area contributed by atoms with E-state index in [9.17, 15) is 4.79 Å². The van der Waals surface area contributed by atoms with Gasteiger partial charge in [-0.1, -0.05) is 12.1 Å². The van der Waals surface area contributed by atoms with Crippen LogP contribution in [0.5, 0.6) is 0 Å². The van der Waals surface area contributed by atoms with Gasteiger partial charge in [-0.2, -0.15) is 0 Å². The third-order valence-electron chi connectivity index (χ3n) is 3.61. The second kappa shape index (κ2) is 6.22. The standard InChI is InChI=1S/C18H19N3O2/c1-12-8-13(11-21(2)3)4-5-16(12)20-17(22)15-9-14-6-7-23-18(14)19-10-15/h4-10H,11H2,1-3H3,(H,20,22). The molecule has 1 aromatic carbocycles. The van der Waals surface area contributed by atoms with Crippen LogP contribution in [0.4, 0.5) is 5.69 Å². The van der Waals surface area contributed by atoms with Gasteiger partial charge < -0.3 is 14.6 Å². The molecular formula is C18H19N3O2. The van der Waals surface area contributed by atoms with Crippen LogP contribution in [0.3, 0.4) is 0 Å². The van der Waals surface area contributed by atoms with Crippen molar-refractivity contribution in [2.45, 2.75) is 13.5 Å². The average Bonchev–Trinajstić information content (AvgIpc) is 2.96. The predicted molar refractivity (Wildman–Crippen MR) is 90.5 cm³/mol. The highest BCUT2D eigenvalue weighted by molar-refractivity contribution is 6.05. The minimum absolute atomic E-state index is 0.177. The maximum absolute atomic E-state index is 12.4. The van der Waals surface area contributed by atoms with Crippen molar-refractivity contribution in [1.82, 2.24) is 9.88 Å². The largest absolute Gasteiger partial charge is 0.446 e. The minimum atomic E-state index is -0.177. The lowest BCUT2D eigenvalue weighted by Crippen LogP contribution is -2.14. The van der Waals surface area contributed by atoms with Crippen LogP contribution in [0, 0.1) is 6.92 Å². The Hall–Kier alpha value is -2.66. The zero-order valence-corrected chi connectivity index (χ0v) is 13.5. The third kappa shape index (κ3) is 3.40. The summed E-state index contributed by atoms with van der Waals surface area (Å²) >= 11 is 0. The summed E-state index contributed by atoms with van der Waals surface area (Å²) in [6.45, 7) is 2.86. The second-order valence-corrected chi connectivity index (χ2v) is 5.88. The number of rotatable bonds is 4. The summed E-state index contributed by atoms with van der Waals surface area (Å²) in [4.78, 5) is 18.7. The van der Waals surface area contributed by atoms with Crippen LogP contribution in [0.2, 0.25) is 0 Å². The summed E-state index contributed by atoms with van der Waals surface area (Å²) in [5, 5.41) is 3.76. The predicted octanol–water partition coefficient (Wildman–Crippen LogP) is 3.45. The maximum atomic E-state index is 12.4. The topological polar surface area (TPSA) is 58.4 Å². The van der Waals surface area contributed by atoms with E-state index in [0.29, 0.717) is 11.3 Å². The molecule has 0 aliphatic heterocycles. The van der Waals surface area contributed by atoms with Gasteiger partial charge in [0.1, 0.15) is 0 Å². The summed E-state index contributed by atoms with van der Waals surface area (Å²) in [7, 11) is 4.06. The second-order valence-electron chi connectivity index (χ2n) is 5.88. The molecule has 5 nitrogen and oxygen atoms in total. The summed E-state index contributed by atoms with van der Waals surface area (Å²) in [5.41, 5.74) is 4.10. The van der Waals surface area contributed by atoms with Crippen LogP contribution in [0.1, 0.15) is 21.5 Å². The smallest absolute Gasteiger partial charge is 0.257 e. The van der Waals surface area contributed by atoms with E-state index in [2.05, 4.69) is 21.3 Å². The van der Waals surface area contributed by atoms with Crippen LogP contribution in [0.25, 0.3) is 11.1 Å². The number of hydrogen-bond acceptors (Lipinski definition) is 4. The number of aryl methyl sites for hydroxylation is 1. The highest BCUT2D eigenvalue weighted by atomic mass is 16.3. The van der Waals surface area contributed by atoms with Crippen molar-refractivity contribution in [2.24, 2.45) is 0 Å². The Morgan fingerprint density at radius 2 is 2.09 bits per heavy atom. The van der Waals surface area contributed by atoms with Gasteiger partial charge in [0.25, 0.3) is 5.91 Å².